The molecule has 0 amide bonds. The van der Waals surface area contributed by atoms with Crippen molar-refractivity contribution < 1.29 is 5.11 Å². The van der Waals surface area contributed by atoms with Crippen LogP contribution < -0.4 is 5.32 Å². The molecule has 0 aliphatic heterocycles. The lowest BCUT2D eigenvalue weighted by atomic mass is 10.2. The van der Waals surface area contributed by atoms with Gasteiger partial charge in [0.1, 0.15) is 12.2 Å². The quantitative estimate of drug-likeness (QED) is 0.901. The second-order valence-electron chi connectivity index (χ2n) is 3.72. The Balaban J connectivity index is 1.99. The van der Waals surface area contributed by atoms with E-state index >= 15 is 0 Å². The van der Waals surface area contributed by atoms with Gasteiger partial charge in [0.2, 0.25) is 0 Å². The predicted molar refractivity (Wildman–Crippen MR) is 73.9 cm³/mol. The van der Waals surface area contributed by atoms with Crippen LogP contribution in [0.3, 0.4) is 0 Å². The van der Waals surface area contributed by atoms with Crippen LogP contribution in [-0.2, 0) is 0 Å². The minimum Gasteiger partial charge on any atom is -0.386 e. The molecule has 1 unspecified atom stereocenters. The summed E-state index contributed by atoms with van der Waals surface area (Å²) in [6, 6.07) is 10.9. The summed E-state index contributed by atoms with van der Waals surface area (Å²) in [5, 5.41) is 24.1. The Hall–Kier alpha value is -1.54. The van der Waals surface area contributed by atoms with E-state index in [2.05, 4.69) is 5.32 Å². The fraction of sp³-hybridized carbons (Fsp3) is 0.154. The number of anilines is 1. The van der Waals surface area contributed by atoms with E-state index in [-0.39, 0.29) is 0 Å². The number of hydrogen-bond donors (Lipinski definition) is 2. The molecular weight excluding hydrogens is 268 g/mol. The van der Waals surface area contributed by atoms with Crippen LogP contribution in [0.4, 0.5) is 5.69 Å². The molecular formula is C13H11ClN2OS. The molecule has 0 bridgehead atoms. The second-order valence-corrected chi connectivity index (χ2v) is 5.11. The van der Waals surface area contributed by atoms with Crippen LogP contribution in [-0.4, -0.2) is 11.7 Å². The zero-order valence-corrected chi connectivity index (χ0v) is 11.0. The predicted octanol–water partition coefficient (Wildman–Crippen LogP) is 3.42. The third-order valence-electron chi connectivity index (χ3n) is 2.46. The van der Waals surface area contributed by atoms with E-state index in [1.165, 1.54) is 11.3 Å². The van der Waals surface area contributed by atoms with Gasteiger partial charge in [-0.3, -0.25) is 0 Å². The average Bonchev–Trinajstić information content (AvgIpc) is 2.90. The summed E-state index contributed by atoms with van der Waals surface area (Å²) in [6.45, 7) is 0.405. The number of halogens is 1. The van der Waals surface area contributed by atoms with E-state index in [0.29, 0.717) is 17.1 Å². The van der Waals surface area contributed by atoms with E-state index in [1.807, 2.05) is 23.6 Å². The maximum absolute atomic E-state index is 9.90. The van der Waals surface area contributed by atoms with Gasteiger partial charge in [-0.1, -0.05) is 17.7 Å². The third kappa shape index (κ3) is 3.02. The van der Waals surface area contributed by atoms with Crippen molar-refractivity contribution in [3.63, 3.8) is 0 Å². The van der Waals surface area contributed by atoms with Crippen LogP contribution in [0, 0.1) is 11.3 Å². The molecule has 1 heterocycles. The monoisotopic (exact) mass is 278 g/mol. The summed E-state index contributed by atoms with van der Waals surface area (Å²) in [7, 11) is 0. The van der Waals surface area contributed by atoms with E-state index in [4.69, 9.17) is 16.9 Å². The first-order valence-electron chi connectivity index (χ1n) is 5.35. The fourth-order valence-corrected chi connectivity index (χ4v) is 2.45. The molecule has 0 aliphatic rings. The number of nitrogens with one attached hydrogen (secondary N) is 1. The first kappa shape index (κ1) is 12.9. The van der Waals surface area contributed by atoms with Crippen molar-refractivity contribution in [2.75, 3.05) is 11.9 Å². The second kappa shape index (κ2) is 5.87. The van der Waals surface area contributed by atoms with Gasteiger partial charge in [0.15, 0.2) is 0 Å². The molecule has 1 aromatic heterocycles. The summed E-state index contributed by atoms with van der Waals surface area (Å²) in [5.41, 5.74) is 1.23. The third-order valence-corrected chi connectivity index (χ3v) is 3.75. The van der Waals surface area contributed by atoms with Gasteiger partial charge in [0, 0.05) is 17.1 Å². The van der Waals surface area contributed by atoms with Crippen LogP contribution in [0.2, 0.25) is 5.02 Å². The summed E-state index contributed by atoms with van der Waals surface area (Å²) < 4.78 is 0. The van der Waals surface area contributed by atoms with Crippen LogP contribution >= 0.6 is 22.9 Å². The molecule has 2 aromatic rings. The SMILES string of the molecule is N#Cc1ccc(NCC(O)c2cccs2)cc1Cl. The van der Waals surface area contributed by atoms with Crippen LogP contribution in [0.1, 0.15) is 16.5 Å². The molecule has 0 spiro atoms. The molecule has 0 fully saturated rings. The van der Waals surface area contributed by atoms with Crippen molar-refractivity contribution in [2.45, 2.75) is 6.10 Å². The maximum Gasteiger partial charge on any atom is 0.105 e. The molecule has 92 valence electrons. The minimum atomic E-state index is -0.542. The summed E-state index contributed by atoms with van der Waals surface area (Å²) in [6.07, 6.45) is -0.542. The first-order chi connectivity index (χ1) is 8.70. The van der Waals surface area contributed by atoms with Crippen molar-refractivity contribution in [3.8, 4) is 6.07 Å². The molecule has 1 aromatic carbocycles. The van der Waals surface area contributed by atoms with Crippen molar-refractivity contribution in [1.29, 1.82) is 5.26 Å². The van der Waals surface area contributed by atoms with E-state index in [1.54, 1.807) is 18.2 Å². The van der Waals surface area contributed by atoms with Crippen molar-refractivity contribution in [1.82, 2.24) is 0 Å². The molecule has 3 nitrogen and oxygen atoms in total. The van der Waals surface area contributed by atoms with Gasteiger partial charge < -0.3 is 10.4 Å². The summed E-state index contributed by atoms with van der Waals surface area (Å²) in [5.74, 6) is 0. The number of benzene rings is 1. The van der Waals surface area contributed by atoms with E-state index < -0.39 is 6.10 Å². The van der Waals surface area contributed by atoms with Crippen molar-refractivity contribution in [2.24, 2.45) is 0 Å². The Bertz CT molecular complexity index is 563. The Morgan fingerprint density at radius 2 is 2.28 bits per heavy atom. The summed E-state index contributed by atoms with van der Waals surface area (Å²) in [4.78, 5) is 0.919. The van der Waals surface area contributed by atoms with E-state index in [0.717, 1.165) is 10.6 Å². The lowest BCUT2D eigenvalue weighted by Gasteiger charge is -2.11. The zero-order valence-electron chi connectivity index (χ0n) is 9.43. The molecule has 2 rings (SSSR count). The van der Waals surface area contributed by atoms with Gasteiger partial charge in [0.25, 0.3) is 0 Å². The maximum atomic E-state index is 9.90. The van der Waals surface area contributed by atoms with Crippen molar-refractivity contribution >= 4 is 28.6 Å². The van der Waals surface area contributed by atoms with Gasteiger partial charge in [-0.05, 0) is 29.6 Å². The number of rotatable bonds is 4. The van der Waals surface area contributed by atoms with Crippen molar-refractivity contribution in [3.05, 3.63) is 51.2 Å². The number of thiophene rings is 1. The number of aliphatic hydroxyl groups excluding tert-OH is 1. The highest BCUT2D eigenvalue weighted by molar-refractivity contribution is 7.10. The molecule has 5 heteroatoms. The molecule has 1 atom stereocenters. The average molecular weight is 279 g/mol. The largest absolute Gasteiger partial charge is 0.386 e. The zero-order chi connectivity index (χ0) is 13.0. The fourth-order valence-electron chi connectivity index (χ4n) is 1.51. The Morgan fingerprint density at radius 3 is 2.89 bits per heavy atom. The molecule has 0 saturated carbocycles. The lowest BCUT2D eigenvalue weighted by molar-refractivity contribution is 0.195. The highest BCUT2D eigenvalue weighted by Crippen LogP contribution is 2.22. The molecule has 18 heavy (non-hydrogen) atoms. The number of nitrogens with zero attached hydrogens (tertiary/aromatic N) is 1. The van der Waals surface area contributed by atoms with Crippen LogP contribution in [0.15, 0.2) is 35.7 Å². The normalized spacial score (nSPS) is 11.8. The smallest absolute Gasteiger partial charge is 0.105 e. The lowest BCUT2D eigenvalue weighted by Crippen LogP contribution is -2.10. The molecule has 0 saturated heterocycles. The van der Waals surface area contributed by atoms with Gasteiger partial charge >= 0.3 is 0 Å². The van der Waals surface area contributed by atoms with Crippen LogP contribution in [0.25, 0.3) is 0 Å². The number of aliphatic hydroxyl groups is 1. The highest BCUT2D eigenvalue weighted by Gasteiger charge is 2.08. The van der Waals surface area contributed by atoms with Gasteiger partial charge in [-0.25, -0.2) is 0 Å². The Kier molecular flexibility index (Phi) is 4.21. The Labute approximate surface area is 114 Å². The Morgan fingerprint density at radius 1 is 1.44 bits per heavy atom. The van der Waals surface area contributed by atoms with Gasteiger partial charge in [0.05, 0.1) is 10.6 Å². The first-order valence-corrected chi connectivity index (χ1v) is 6.61. The number of nitriles is 1. The highest BCUT2D eigenvalue weighted by atomic mass is 35.5. The standard InChI is InChI=1S/C13H11ClN2OS/c14-11-6-10(4-3-9(11)7-15)16-8-12(17)13-2-1-5-18-13/h1-6,12,16-17H,8H2. The number of hydrogen-bond acceptors (Lipinski definition) is 4. The molecule has 0 radical (unpaired) electrons. The van der Waals surface area contributed by atoms with E-state index in [9.17, 15) is 5.11 Å². The summed E-state index contributed by atoms with van der Waals surface area (Å²) >= 11 is 7.44. The van der Waals surface area contributed by atoms with Crippen LogP contribution in [0.5, 0.6) is 0 Å². The minimum absolute atomic E-state index is 0.405. The van der Waals surface area contributed by atoms with Gasteiger partial charge in [-0.2, -0.15) is 5.26 Å². The molecule has 0 aliphatic carbocycles. The molecule has 2 N–H and O–H groups in total. The topological polar surface area (TPSA) is 56.0 Å². The van der Waals surface area contributed by atoms with Gasteiger partial charge in [-0.15, -0.1) is 11.3 Å².